The number of ether oxygens (including phenoxy) is 2. The Labute approximate surface area is 181 Å². The fraction of sp³-hybridized carbons (Fsp3) is 0.500. The van der Waals surface area contributed by atoms with Crippen molar-refractivity contribution in [2.24, 2.45) is 11.1 Å². The first kappa shape index (κ1) is 21.9. The third kappa shape index (κ3) is 5.31. The molecule has 1 fully saturated rings. The molecular weight excluding hydrogens is 422 g/mol. The first-order valence-electron chi connectivity index (χ1n) is 10.1. The Kier molecular flexibility index (Phi) is 6.39. The van der Waals surface area contributed by atoms with Gasteiger partial charge in [-0.3, -0.25) is 0 Å². The van der Waals surface area contributed by atoms with Gasteiger partial charge in [0.15, 0.2) is 0 Å². The van der Waals surface area contributed by atoms with Gasteiger partial charge in [-0.2, -0.15) is 8.42 Å². The maximum absolute atomic E-state index is 11.1. The van der Waals surface area contributed by atoms with Gasteiger partial charge in [0.1, 0.15) is 18.2 Å². The Morgan fingerprint density at radius 1 is 1.26 bits per heavy atom. The molecule has 5 N–H and O–H groups in total. The van der Waals surface area contributed by atoms with Gasteiger partial charge < -0.3 is 19.9 Å². The van der Waals surface area contributed by atoms with Crippen molar-refractivity contribution in [1.82, 2.24) is 14.7 Å². The summed E-state index contributed by atoms with van der Waals surface area (Å²) in [6.45, 7) is 0.0654. The lowest BCUT2D eigenvalue weighted by molar-refractivity contribution is 0.0959. The highest BCUT2D eigenvalue weighted by molar-refractivity contribution is 7.87. The third-order valence-corrected chi connectivity index (χ3v) is 6.45. The van der Waals surface area contributed by atoms with Crippen molar-refractivity contribution in [3.05, 3.63) is 47.8 Å². The lowest BCUT2D eigenvalue weighted by atomic mass is 10.1. The van der Waals surface area contributed by atoms with Crippen molar-refractivity contribution < 1.29 is 23.0 Å². The van der Waals surface area contributed by atoms with Gasteiger partial charge in [0.2, 0.25) is 5.88 Å². The summed E-state index contributed by atoms with van der Waals surface area (Å²) >= 11 is 0. The van der Waals surface area contributed by atoms with Crippen molar-refractivity contribution in [3.8, 4) is 5.88 Å². The zero-order chi connectivity index (χ0) is 22.0. The lowest BCUT2D eigenvalue weighted by Gasteiger charge is -2.21. The average Bonchev–Trinajstić information content (AvgIpc) is 3.26. The van der Waals surface area contributed by atoms with Gasteiger partial charge in [0, 0.05) is 38.5 Å². The van der Waals surface area contributed by atoms with E-state index >= 15 is 0 Å². The molecule has 31 heavy (non-hydrogen) atoms. The van der Waals surface area contributed by atoms with E-state index in [0.29, 0.717) is 24.5 Å². The molecule has 1 heterocycles. The second-order valence-electron chi connectivity index (χ2n) is 7.97. The Morgan fingerprint density at radius 3 is 2.84 bits per heavy atom. The van der Waals surface area contributed by atoms with Crippen LogP contribution >= 0.6 is 0 Å². The highest BCUT2D eigenvalue weighted by Gasteiger charge is 2.35. The quantitative estimate of drug-likeness (QED) is 0.456. The minimum Gasteiger partial charge on any atom is -0.474 e. The van der Waals surface area contributed by atoms with E-state index in [1.165, 1.54) is 17.5 Å². The molecule has 0 spiro atoms. The SMILES string of the molecule is CO[C@H]1Cc2ccccc2[C@H]1Nc1cc(O[C@@H]2C[C@@H](CNS(N)(=O)=O)[C@@H](O)C2)ncn1. The van der Waals surface area contributed by atoms with Crippen molar-refractivity contribution in [2.75, 3.05) is 19.0 Å². The fourth-order valence-electron chi connectivity index (χ4n) is 4.35. The number of nitrogens with one attached hydrogen (secondary N) is 2. The second kappa shape index (κ2) is 9.05. The van der Waals surface area contributed by atoms with E-state index in [4.69, 9.17) is 14.6 Å². The van der Waals surface area contributed by atoms with E-state index in [9.17, 15) is 13.5 Å². The van der Waals surface area contributed by atoms with Crippen LogP contribution in [0.2, 0.25) is 0 Å². The first-order chi connectivity index (χ1) is 14.8. The van der Waals surface area contributed by atoms with Crippen LogP contribution in [0.15, 0.2) is 36.7 Å². The Morgan fingerprint density at radius 2 is 2.06 bits per heavy atom. The molecule has 0 aliphatic heterocycles. The number of aliphatic hydroxyl groups excluding tert-OH is 1. The largest absolute Gasteiger partial charge is 0.474 e. The van der Waals surface area contributed by atoms with E-state index in [1.54, 1.807) is 13.2 Å². The van der Waals surface area contributed by atoms with Crippen molar-refractivity contribution in [3.63, 3.8) is 0 Å². The molecule has 10 nitrogen and oxygen atoms in total. The summed E-state index contributed by atoms with van der Waals surface area (Å²) in [5.41, 5.74) is 2.43. The molecule has 0 amide bonds. The molecule has 1 saturated carbocycles. The van der Waals surface area contributed by atoms with Gasteiger partial charge in [0.05, 0.1) is 18.2 Å². The van der Waals surface area contributed by atoms with Crippen LogP contribution in [-0.4, -0.2) is 55.5 Å². The van der Waals surface area contributed by atoms with E-state index in [2.05, 4.69) is 32.1 Å². The molecule has 4 rings (SSSR count). The normalized spacial score (nSPS) is 27.8. The number of benzene rings is 1. The van der Waals surface area contributed by atoms with Crippen LogP contribution < -0.4 is 19.9 Å². The van der Waals surface area contributed by atoms with Gasteiger partial charge in [0.25, 0.3) is 10.2 Å². The van der Waals surface area contributed by atoms with Gasteiger partial charge in [-0.05, 0) is 17.5 Å². The van der Waals surface area contributed by atoms with E-state index in [-0.39, 0.29) is 30.7 Å². The first-order valence-corrected chi connectivity index (χ1v) is 11.7. The van der Waals surface area contributed by atoms with Crippen LogP contribution in [0.3, 0.4) is 0 Å². The Hall–Kier alpha value is -2.31. The number of nitrogens with zero attached hydrogens (tertiary/aromatic N) is 2. The maximum Gasteiger partial charge on any atom is 0.274 e. The van der Waals surface area contributed by atoms with Gasteiger partial charge in [-0.15, -0.1) is 0 Å². The average molecular weight is 450 g/mol. The van der Waals surface area contributed by atoms with Crippen molar-refractivity contribution >= 4 is 16.0 Å². The predicted molar refractivity (Wildman–Crippen MR) is 114 cm³/mol. The number of methoxy groups -OCH3 is 1. The standard InChI is InChI=1S/C20H27N5O5S/c1-29-17-7-12-4-2-3-5-15(12)20(17)25-18-9-19(23-11-22-18)30-14-6-13(16(26)8-14)10-24-31(21,27)28/h2-5,9,11,13-14,16-17,20,24,26H,6-8,10H2,1H3,(H2,21,27,28)(H,22,23,25)/t13-,14+,16-,17-,20+/m0/s1. The topological polar surface area (TPSA) is 149 Å². The van der Waals surface area contributed by atoms with Crippen LogP contribution in [0.1, 0.15) is 30.0 Å². The zero-order valence-corrected chi connectivity index (χ0v) is 18.0. The van der Waals surface area contributed by atoms with Crippen LogP contribution in [0, 0.1) is 5.92 Å². The molecule has 0 unspecified atom stereocenters. The van der Waals surface area contributed by atoms with Gasteiger partial charge >= 0.3 is 0 Å². The summed E-state index contributed by atoms with van der Waals surface area (Å²) in [7, 11) is -2.10. The molecule has 5 atom stereocenters. The monoisotopic (exact) mass is 449 g/mol. The van der Waals surface area contributed by atoms with E-state index in [1.807, 2.05) is 12.1 Å². The molecule has 1 aromatic heterocycles. The molecule has 0 bridgehead atoms. The minimum atomic E-state index is -3.80. The van der Waals surface area contributed by atoms with Crippen LogP contribution in [0.25, 0.3) is 0 Å². The molecule has 11 heteroatoms. The van der Waals surface area contributed by atoms with E-state index in [0.717, 1.165) is 6.42 Å². The molecule has 0 saturated heterocycles. The van der Waals surface area contributed by atoms with Crippen LogP contribution in [0.5, 0.6) is 5.88 Å². The predicted octanol–water partition coefficient (Wildman–Crippen LogP) is 0.512. The highest BCUT2D eigenvalue weighted by Crippen LogP contribution is 2.36. The molecule has 0 radical (unpaired) electrons. The van der Waals surface area contributed by atoms with Gasteiger partial charge in [-0.1, -0.05) is 24.3 Å². The number of aromatic nitrogens is 2. The number of hydrogen-bond donors (Lipinski definition) is 4. The number of fused-ring (bicyclic) bond motifs is 1. The number of nitrogens with two attached hydrogens (primary N) is 1. The molecule has 168 valence electrons. The number of anilines is 1. The number of hydrogen-bond acceptors (Lipinski definition) is 8. The smallest absolute Gasteiger partial charge is 0.274 e. The third-order valence-electron chi connectivity index (χ3n) is 5.88. The van der Waals surface area contributed by atoms with Crippen molar-refractivity contribution in [2.45, 2.75) is 43.6 Å². The summed E-state index contributed by atoms with van der Waals surface area (Å²) in [5.74, 6) is 0.718. The van der Waals surface area contributed by atoms with Crippen molar-refractivity contribution in [1.29, 1.82) is 0 Å². The summed E-state index contributed by atoms with van der Waals surface area (Å²) in [6, 6.07) is 9.89. The lowest BCUT2D eigenvalue weighted by Crippen LogP contribution is -2.36. The highest BCUT2D eigenvalue weighted by atomic mass is 32.2. The van der Waals surface area contributed by atoms with E-state index < -0.39 is 16.3 Å². The second-order valence-corrected chi connectivity index (χ2v) is 9.35. The minimum absolute atomic E-state index is 0.00575. The van der Waals surface area contributed by atoms with Crippen LogP contribution in [-0.2, 0) is 21.4 Å². The van der Waals surface area contributed by atoms with Crippen LogP contribution in [0.4, 0.5) is 5.82 Å². The summed E-state index contributed by atoms with van der Waals surface area (Å²) in [4.78, 5) is 8.49. The molecule has 2 aliphatic carbocycles. The summed E-state index contributed by atoms with van der Waals surface area (Å²) < 4.78 is 36.0. The summed E-state index contributed by atoms with van der Waals surface area (Å²) in [6.07, 6.45) is 2.14. The zero-order valence-electron chi connectivity index (χ0n) is 17.1. The Balaban J connectivity index is 1.40. The maximum atomic E-state index is 11.1. The Bertz CT molecular complexity index is 1020. The fourth-order valence-corrected chi connectivity index (χ4v) is 4.80. The molecule has 2 aromatic rings. The number of aliphatic hydroxyl groups is 1. The molecular formula is C20H27N5O5S. The molecule has 1 aromatic carbocycles. The summed E-state index contributed by atoms with van der Waals surface area (Å²) in [5, 5.41) is 18.6. The number of rotatable bonds is 8. The van der Waals surface area contributed by atoms with Gasteiger partial charge in [-0.25, -0.2) is 19.8 Å². The molecule has 2 aliphatic rings.